The second-order valence-corrected chi connectivity index (χ2v) is 6.27. The van der Waals surface area contributed by atoms with Gasteiger partial charge in [-0.25, -0.2) is 4.79 Å². The molecule has 1 saturated carbocycles. The summed E-state index contributed by atoms with van der Waals surface area (Å²) in [5.41, 5.74) is 0.763. The predicted molar refractivity (Wildman–Crippen MR) is 69.9 cm³/mol. The zero-order valence-corrected chi connectivity index (χ0v) is 11.9. The molecular formula is C9H13Cl4NO3. The van der Waals surface area contributed by atoms with Gasteiger partial charge in [0.1, 0.15) is 0 Å². The third-order valence-corrected chi connectivity index (χ3v) is 3.08. The summed E-state index contributed by atoms with van der Waals surface area (Å²) in [6.07, 6.45) is 5.31. The summed E-state index contributed by atoms with van der Waals surface area (Å²) in [6, 6.07) is 0. The van der Waals surface area contributed by atoms with Gasteiger partial charge in [-0.2, -0.15) is 0 Å². The number of oxime groups is 1. The SMILES string of the molecule is O=C(O)C(Cl)(Cl)Cl.ON=C1CCCCCC1Cl. The maximum absolute atomic E-state index is 9.62. The second-order valence-electron chi connectivity index (χ2n) is 3.46. The van der Waals surface area contributed by atoms with Gasteiger partial charge in [-0.05, 0) is 19.3 Å². The minimum atomic E-state index is -2.17. The maximum atomic E-state index is 9.62. The Labute approximate surface area is 119 Å². The molecular weight excluding hydrogens is 312 g/mol. The summed E-state index contributed by atoms with van der Waals surface area (Å²) in [7, 11) is 0. The van der Waals surface area contributed by atoms with Gasteiger partial charge in [0.25, 0.3) is 3.79 Å². The zero-order chi connectivity index (χ0) is 13.5. The Hall–Kier alpha value is 0.1000. The van der Waals surface area contributed by atoms with E-state index in [4.69, 9.17) is 56.7 Å². The van der Waals surface area contributed by atoms with E-state index in [0.717, 1.165) is 31.4 Å². The van der Waals surface area contributed by atoms with Crippen LogP contribution in [0.15, 0.2) is 5.16 Å². The van der Waals surface area contributed by atoms with Crippen LogP contribution in [-0.4, -0.2) is 31.2 Å². The fourth-order valence-corrected chi connectivity index (χ4v) is 1.55. The van der Waals surface area contributed by atoms with Gasteiger partial charge in [-0.1, -0.05) is 52.8 Å². The number of halogens is 4. The maximum Gasteiger partial charge on any atom is 0.356 e. The first-order valence-corrected chi connectivity index (χ1v) is 6.51. The van der Waals surface area contributed by atoms with Crippen LogP contribution in [0.25, 0.3) is 0 Å². The topological polar surface area (TPSA) is 69.9 Å². The molecule has 1 fully saturated rings. The first-order chi connectivity index (χ1) is 7.79. The Morgan fingerprint density at radius 3 is 2.24 bits per heavy atom. The molecule has 0 amide bonds. The van der Waals surface area contributed by atoms with Crippen LogP contribution in [0.4, 0.5) is 0 Å². The smallest absolute Gasteiger partial charge is 0.356 e. The molecule has 0 radical (unpaired) electrons. The quantitative estimate of drug-likeness (QED) is 0.308. The van der Waals surface area contributed by atoms with Crippen molar-refractivity contribution < 1.29 is 15.1 Å². The highest BCUT2D eigenvalue weighted by atomic mass is 35.6. The lowest BCUT2D eigenvalue weighted by atomic mass is 10.2. The van der Waals surface area contributed by atoms with E-state index in [0.29, 0.717) is 0 Å². The van der Waals surface area contributed by atoms with Crippen molar-refractivity contribution in [1.29, 1.82) is 0 Å². The number of rotatable bonds is 0. The Bertz CT molecular complexity index is 278. The van der Waals surface area contributed by atoms with Crippen LogP contribution in [0.3, 0.4) is 0 Å². The number of carboxylic acid groups (broad SMARTS) is 1. The molecule has 1 aliphatic rings. The Balaban J connectivity index is 0.000000325. The van der Waals surface area contributed by atoms with Crippen LogP contribution in [0.2, 0.25) is 0 Å². The van der Waals surface area contributed by atoms with Crippen molar-refractivity contribution in [3.63, 3.8) is 0 Å². The fourth-order valence-electron chi connectivity index (χ4n) is 1.24. The van der Waals surface area contributed by atoms with Crippen LogP contribution in [0, 0.1) is 0 Å². The number of nitrogens with zero attached hydrogens (tertiary/aromatic N) is 1. The summed E-state index contributed by atoms with van der Waals surface area (Å²) in [5.74, 6) is -1.46. The third-order valence-electron chi connectivity index (χ3n) is 2.12. The minimum Gasteiger partial charge on any atom is -0.478 e. The van der Waals surface area contributed by atoms with Gasteiger partial charge in [0.2, 0.25) is 0 Å². The van der Waals surface area contributed by atoms with E-state index in [-0.39, 0.29) is 5.38 Å². The molecule has 8 heteroatoms. The van der Waals surface area contributed by atoms with Crippen molar-refractivity contribution in [3.05, 3.63) is 0 Å². The largest absolute Gasteiger partial charge is 0.478 e. The molecule has 0 spiro atoms. The van der Waals surface area contributed by atoms with Crippen molar-refractivity contribution in [2.75, 3.05) is 0 Å². The van der Waals surface area contributed by atoms with E-state index in [1.807, 2.05) is 0 Å². The van der Waals surface area contributed by atoms with Crippen LogP contribution in [-0.2, 0) is 4.79 Å². The molecule has 1 aliphatic carbocycles. The number of carboxylic acids is 1. The fraction of sp³-hybridized carbons (Fsp3) is 0.778. The molecule has 1 atom stereocenters. The molecule has 1 rings (SSSR count). The van der Waals surface area contributed by atoms with Crippen molar-refractivity contribution in [2.24, 2.45) is 5.16 Å². The highest BCUT2D eigenvalue weighted by Crippen LogP contribution is 2.25. The number of carbonyl (C=O) groups is 1. The molecule has 100 valence electrons. The van der Waals surface area contributed by atoms with Crippen LogP contribution in [0.5, 0.6) is 0 Å². The number of aliphatic carboxylic acids is 1. The predicted octanol–water partition coefficient (Wildman–Crippen LogP) is 3.83. The van der Waals surface area contributed by atoms with Crippen molar-refractivity contribution >= 4 is 58.1 Å². The van der Waals surface area contributed by atoms with Gasteiger partial charge < -0.3 is 10.3 Å². The lowest BCUT2D eigenvalue weighted by Gasteiger charge is -2.04. The van der Waals surface area contributed by atoms with Crippen LogP contribution >= 0.6 is 46.4 Å². The highest BCUT2D eigenvalue weighted by Gasteiger charge is 2.29. The lowest BCUT2D eigenvalue weighted by molar-refractivity contribution is -0.135. The van der Waals surface area contributed by atoms with Gasteiger partial charge >= 0.3 is 5.97 Å². The summed E-state index contributed by atoms with van der Waals surface area (Å²) in [5, 5.41) is 19.5. The van der Waals surface area contributed by atoms with Crippen LogP contribution in [0.1, 0.15) is 32.1 Å². The molecule has 0 aromatic rings. The monoisotopic (exact) mass is 323 g/mol. The molecule has 0 saturated heterocycles. The second kappa shape index (κ2) is 8.25. The average Bonchev–Trinajstić information content (AvgIpc) is 2.42. The van der Waals surface area contributed by atoms with Crippen molar-refractivity contribution in [3.8, 4) is 0 Å². The summed E-state index contributed by atoms with van der Waals surface area (Å²) in [6.45, 7) is 0. The van der Waals surface area contributed by atoms with E-state index in [9.17, 15) is 4.79 Å². The van der Waals surface area contributed by atoms with Crippen molar-refractivity contribution in [2.45, 2.75) is 41.3 Å². The molecule has 1 unspecified atom stereocenters. The van der Waals surface area contributed by atoms with Gasteiger partial charge in [0.05, 0.1) is 11.1 Å². The van der Waals surface area contributed by atoms with E-state index < -0.39 is 9.76 Å². The normalized spacial score (nSPS) is 23.5. The molecule has 0 aromatic heterocycles. The van der Waals surface area contributed by atoms with E-state index in [1.165, 1.54) is 6.42 Å². The third kappa shape index (κ3) is 7.92. The minimum absolute atomic E-state index is 0.0208. The molecule has 0 aromatic carbocycles. The molecule has 2 N–H and O–H groups in total. The van der Waals surface area contributed by atoms with E-state index in [2.05, 4.69) is 5.16 Å². The number of hydrogen-bond acceptors (Lipinski definition) is 3. The lowest BCUT2D eigenvalue weighted by Crippen LogP contribution is -2.16. The molecule has 0 aliphatic heterocycles. The zero-order valence-electron chi connectivity index (χ0n) is 8.87. The first-order valence-electron chi connectivity index (χ1n) is 4.94. The Morgan fingerprint density at radius 2 is 1.82 bits per heavy atom. The highest BCUT2D eigenvalue weighted by molar-refractivity contribution is 6.75. The first kappa shape index (κ1) is 17.1. The van der Waals surface area contributed by atoms with Crippen LogP contribution < -0.4 is 0 Å². The average molecular weight is 325 g/mol. The molecule has 0 bridgehead atoms. The molecule has 4 nitrogen and oxygen atoms in total. The van der Waals surface area contributed by atoms with Crippen molar-refractivity contribution in [1.82, 2.24) is 0 Å². The Kier molecular flexibility index (Phi) is 8.29. The molecule has 17 heavy (non-hydrogen) atoms. The number of alkyl halides is 4. The van der Waals surface area contributed by atoms with Gasteiger partial charge in [0.15, 0.2) is 0 Å². The summed E-state index contributed by atoms with van der Waals surface area (Å²) >= 11 is 20.3. The number of hydrogen-bond donors (Lipinski definition) is 2. The summed E-state index contributed by atoms with van der Waals surface area (Å²) in [4.78, 5) is 9.62. The Morgan fingerprint density at radius 1 is 1.29 bits per heavy atom. The van der Waals surface area contributed by atoms with E-state index in [1.54, 1.807) is 0 Å². The molecule has 0 heterocycles. The van der Waals surface area contributed by atoms with Gasteiger partial charge in [-0.3, -0.25) is 0 Å². The van der Waals surface area contributed by atoms with E-state index >= 15 is 0 Å². The van der Waals surface area contributed by atoms with Gasteiger partial charge in [0, 0.05) is 0 Å². The van der Waals surface area contributed by atoms with Gasteiger partial charge in [-0.15, -0.1) is 11.6 Å². The summed E-state index contributed by atoms with van der Waals surface area (Å²) < 4.78 is -2.17. The standard InChI is InChI=1S/C7H12ClNO.C2HCl3O2/c8-6-4-2-1-3-5-7(6)9-10;3-2(4,5)1(6)7/h6,10H,1-5H2;(H,6,7).